The Balaban J connectivity index is 3.04. The Morgan fingerprint density at radius 1 is 1.45 bits per heavy atom. The monoisotopic (exact) mass is 148 g/mol. The minimum Gasteiger partial charge on any atom is -0.0955 e. The molecule has 0 bridgehead atoms. The van der Waals surface area contributed by atoms with E-state index in [0.29, 0.717) is 0 Å². The first-order chi connectivity index (χ1) is 5.13. The third kappa shape index (κ3) is 1.62. The molecule has 1 rings (SSSR count). The number of rotatable bonds is 1. The predicted octanol–water partition coefficient (Wildman–Crippen LogP) is 3.62. The molecule has 0 unspecified atom stereocenters. The normalized spacial score (nSPS) is 18.3. The van der Waals surface area contributed by atoms with E-state index in [1.165, 1.54) is 35.1 Å². The molecule has 0 nitrogen and oxygen atoms in total. The predicted molar refractivity (Wildman–Crippen MR) is 50.5 cm³/mol. The highest BCUT2D eigenvalue weighted by Crippen LogP contribution is 2.28. The van der Waals surface area contributed by atoms with Gasteiger partial charge in [-0.3, -0.25) is 0 Å². The molecule has 0 amide bonds. The van der Waals surface area contributed by atoms with Crippen LogP contribution in [0, 0.1) is 0 Å². The number of hydrogen-bond donors (Lipinski definition) is 0. The van der Waals surface area contributed by atoms with E-state index in [4.69, 9.17) is 0 Å². The van der Waals surface area contributed by atoms with Crippen LogP contribution >= 0.6 is 0 Å². The number of allylic oxidation sites excluding steroid dienone is 5. The molecule has 0 atom stereocenters. The largest absolute Gasteiger partial charge is 0.0955 e. The lowest BCUT2D eigenvalue weighted by atomic mass is 9.89. The van der Waals surface area contributed by atoms with Crippen LogP contribution in [0.2, 0.25) is 0 Å². The van der Waals surface area contributed by atoms with Crippen molar-refractivity contribution in [3.8, 4) is 0 Å². The zero-order valence-corrected chi connectivity index (χ0v) is 7.70. The maximum atomic E-state index is 3.98. The second kappa shape index (κ2) is 3.08. The average molecular weight is 148 g/mol. The molecule has 0 fully saturated rings. The summed E-state index contributed by atoms with van der Waals surface area (Å²) in [6.07, 6.45) is 4.71. The van der Waals surface area contributed by atoms with Gasteiger partial charge in [-0.2, -0.15) is 0 Å². The zero-order chi connectivity index (χ0) is 8.43. The smallest absolute Gasteiger partial charge is 0.0218 e. The second-order valence-corrected chi connectivity index (χ2v) is 3.36. The molecule has 0 saturated heterocycles. The standard InChI is InChI=1S/C11H16/c1-8(2)11-9(3)6-5-7-10(11)4/h6H,1,5,7H2,2-4H3. The molecule has 0 heteroatoms. The third-order valence-electron chi connectivity index (χ3n) is 2.22. The van der Waals surface area contributed by atoms with Gasteiger partial charge in [0, 0.05) is 0 Å². The topological polar surface area (TPSA) is 0 Å². The summed E-state index contributed by atoms with van der Waals surface area (Å²) >= 11 is 0. The Morgan fingerprint density at radius 2 is 2.09 bits per heavy atom. The van der Waals surface area contributed by atoms with Crippen molar-refractivity contribution in [3.63, 3.8) is 0 Å². The molecule has 0 aromatic heterocycles. The zero-order valence-electron chi connectivity index (χ0n) is 7.70. The van der Waals surface area contributed by atoms with E-state index in [1.807, 2.05) is 0 Å². The van der Waals surface area contributed by atoms with Gasteiger partial charge in [-0.05, 0) is 44.8 Å². The molecule has 1 aliphatic rings. The van der Waals surface area contributed by atoms with Crippen LogP contribution in [0.3, 0.4) is 0 Å². The lowest BCUT2D eigenvalue weighted by molar-refractivity contribution is 0.922. The highest BCUT2D eigenvalue weighted by Gasteiger charge is 2.09. The molecule has 0 aromatic carbocycles. The Kier molecular flexibility index (Phi) is 2.33. The second-order valence-electron chi connectivity index (χ2n) is 3.36. The molecule has 0 spiro atoms. The van der Waals surface area contributed by atoms with Gasteiger partial charge in [-0.15, -0.1) is 0 Å². The summed E-state index contributed by atoms with van der Waals surface area (Å²) in [5.74, 6) is 0. The molecular weight excluding hydrogens is 132 g/mol. The third-order valence-corrected chi connectivity index (χ3v) is 2.22. The molecule has 60 valence electrons. The fourth-order valence-electron chi connectivity index (χ4n) is 1.77. The van der Waals surface area contributed by atoms with Crippen LogP contribution in [-0.4, -0.2) is 0 Å². The van der Waals surface area contributed by atoms with Crippen molar-refractivity contribution >= 4 is 0 Å². The van der Waals surface area contributed by atoms with Crippen LogP contribution < -0.4 is 0 Å². The minimum atomic E-state index is 1.20. The Labute approximate surface area is 69.3 Å². The molecular formula is C11H16. The summed E-state index contributed by atoms with van der Waals surface area (Å²) in [6, 6.07) is 0. The van der Waals surface area contributed by atoms with Crippen LogP contribution in [0.4, 0.5) is 0 Å². The van der Waals surface area contributed by atoms with E-state index in [-0.39, 0.29) is 0 Å². The van der Waals surface area contributed by atoms with Crippen molar-refractivity contribution in [2.75, 3.05) is 0 Å². The lowest BCUT2D eigenvalue weighted by Gasteiger charge is -2.17. The first-order valence-corrected chi connectivity index (χ1v) is 4.15. The van der Waals surface area contributed by atoms with Crippen molar-refractivity contribution in [2.45, 2.75) is 33.6 Å². The van der Waals surface area contributed by atoms with Crippen molar-refractivity contribution in [1.82, 2.24) is 0 Å². The van der Waals surface area contributed by atoms with Crippen LogP contribution in [0.15, 0.2) is 34.9 Å². The maximum absolute atomic E-state index is 3.98. The van der Waals surface area contributed by atoms with Crippen molar-refractivity contribution in [2.24, 2.45) is 0 Å². The summed E-state index contributed by atoms with van der Waals surface area (Å²) in [6.45, 7) is 10.4. The van der Waals surface area contributed by atoms with Gasteiger partial charge in [0.05, 0.1) is 0 Å². The lowest BCUT2D eigenvalue weighted by Crippen LogP contribution is -1.97. The summed E-state index contributed by atoms with van der Waals surface area (Å²) < 4.78 is 0. The van der Waals surface area contributed by atoms with Crippen LogP contribution in [0.25, 0.3) is 0 Å². The van der Waals surface area contributed by atoms with Gasteiger partial charge in [0.2, 0.25) is 0 Å². The SMILES string of the molecule is C=C(C)C1=C(C)CCC=C1C. The summed E-state index contributed by atoms with van der Waals surface area (Å²) in [7, 11) is 0. The Morgan fingerprint density at radius 3 is 2.45 bits per heavy atom. The van der Waals surface area contributed by atoms with Gasteiger partial charge < -0.3 is 0 Å². The molecule has 0 saturated carbocycles. The van der Waals surface area contributed by atoms with Crippen molar-refractivity contribution in [3.05, 3.63) is 34.9 Å². The van der Waals surface area contributed by atoms with Crippen molar-refractivity contribution < 1.29 is 0 Å². The van der Waals surface area contributed by atoms with Crippen LogP contribution in [-0.2, 0) is 0 Å². The van der Waals surface area contributed by atoms with E-state index >= 15 is 0 Å². The highest BCUT2D eigenvalue weighted by molar-refractivity contribution is 5.48. The maximum Gasteiger partial charge on any atom is -0.0218 e. The van der Waals surface area contributed by atoms with Crippen molar-refractivity contribution in [1.29, 1.82) is 0 Å². The fourth-order valence-corrected chi connectivity index (χ4v) is 1.77. The molecule has 0 radical (unpaired) electrons. The first kappa shape index (κ1) is 8.32. The van der Waals surface area contributed by atoms with Gasteiger partial charge in [0.1, 0.15) is 0 Å². The molecule has 0 aliphatic heterocycles. The van der Waals surface area contributed by atoms with Gasteiger partial charge in [0.15, 0.2) is 0 Å². The average Bonchev–Trinajstić information content (AvgIpc) is 1.85. The van der Waals surface area contributed by atoms with Crippen LogP contribution in [0.1, 0.15) is 33.6 Å². The van der Waals surface area contributed by atoms with Gasteiger partial charge >= 0.3 is 0 Å². The van der Waals surface area contributed by atoms with Gasteiger partial charge in [-0.25, -0.2) is 0 Å². The van der Waals surface area contributed by atoms with Gasteiger partial charge in [0.25, 0.3) is 0 Å². The molecule has 0 N–H and O–H groups in total. The van der Waals surface area contributed by atoms with E-state index in [2.05, 4.69) is 33.4 Å². The minimum absolute atomic E-state index is 1.20. The number of hydrogen-bond acceptors (Lipinski definition) is 0. The Bertz CT molecular complexity index is 239. The van der Waals surface area contributed by atoms with E-state index < -0.39 is 0 Å². The summed E-state index contributed by atoms with van der Waals surface area (Å²) in [4.78, 5) is 0. The molecule has 11 heavy (non-hydrogen) atoms. The molecule has 1 aliphatic carbocycles. The fraction of sp³-hybridized carbons (Fsp3) is 0.455. The van der Waals surface area contributed by atoms with E-state index in [0.717, 1.165) is 0 Å². The quantitative estimate of drug-likeness (QED) is 0.532. The Hall–Kier alpha value is -0.780. The summed E-state index contributed by atoms with van der Waals surface area (Å²) in [5, 5.41) is 0. The van der Waals surface area contributed by atoms with E-state index in [9.17, 15) is 0 Å². The molecule has 0 heterocycles. The highest BCUT2D eigenvalue weighted by atomic mass is 14.1. The first-order valence-electron chi connectivity index (χ1n) is 4.15. The summed E-state index contributed by atoms with van der Waals surface area (Å²) in [5.41, 5.74) is 5.51. The van der Waals surface area contributed by atoms with Gasteiger partial charge in [-0.1, -0.05) is 23.8 Å². The van der Waals surface area contributed by atoms with Crippen LogP contribution in [0.5, 0.6) is 0 Å². The van der Waals surface area contributed by atoms with E-state index in [1.54, 1.807) is 0 Å². The molecule has 0 aromatic rings.